The molecule has 0 saturated carbocycles. The molecule has 2 amide bonds. The highest BCUT2D eigenvalue weighted by atomic mass is 16.5. The molecule has 6 heteroatoms. The normalized spacial score (nSPS) is 13.3. The van der Waals surface area contributed by atoms with E-state index in [-0.39, 0.29) is 12.1 Å². The summed E-state index contributed by atoms with van der Waals surface area (Å²) in [4.78, 5) is 25.7. The van der Waals surface area contributed by atoms with Gasteiger partial charge in [-0.3, -0.25) is 9.59 Å². The van der Waals surface area contributed by atoms with Crippen molar-refractivity contribution in [2.24, 2.45) is 11.7 Å². The van der Waals surface area contributed by atoms with Gasteiger partial charge in [0.05, 0.1) is 13.2 Å². The molecule has 1 rings (SSSR count). The Hall–Kier alpha value is -2.08. The van der Waals surface area contributed by atoms with Gasteiger partial charge >= 0.3 is 11.8 Å². The minimum absolute atomic E-state index is 0.0153. The first-order chi connectivity index (χ1) is 11.3. The number of ether oxygens (including phenoxy) is 1. The fraction of sp³-hybridized carbons (Fsp3) is 0.556. The van der Waals surface area contributed by atoms with E-state index >= 15 is 0 Å². The van der Waals surface area contributed by atoms with Crippen LogP contribution in [0.3, 0.4) is 0 Å². The first-order valence-electron chi connectivity index (χ1n) is 8.21. The Balaban J connectivity index is 2.54. The number of carbonyl (C=O) groups excluding carboxylic acids is 2. The standard InChI is InChI=1S/C18H29N3O3/c1-12(2)16(19)10-11-21(4)18(23)17(22)20-13(3)14-6-8-15(24-5)9-7-14/h6-9,12-13,16H,10-11,19H2,1-5H3,(H,20,22)/t13-,16?/m0/s1. The number of nitrogens with two attached hydrogens (primary N) is 1. The van der Waals surface area contributed by atoms with Crippen LogP contribution in [0.1, 0.15) is 38.8 Å². The summed E-state index contributed by atoms with van der Waals surface area (Å²) in [7, 11) is 3.22. The summed E-state index contributed by atoms with van der Waals surface area (Å²) in [6.07, 6.45) is 0.668. The van der Waals surface area contributed by atoms with Crippen LogP contribution in [0.4, 0.5) is 0 Å². The number of methoxy groups -OCH3 is 1. The first kappa shape index (κ1) is 20.0. The average Bonchev–Trinajstić information content (AvgIpc) is 2.58. The van der Waals surface area contributed by atoms with Gasteiger partial charge in [-0.15, -0.1) is 0 Å². The van der Waals surface area contributed by atoms with E-state index in [0.29, 0.717) is 18.9 Å². The van der Waals surface area contributed by atoms with E-state index in [2.05, 4.69) is 5.32 Å². The Bertz CT molecular complexity index is 543. The molecule has 1 aromatic carbocycles. The number of carbonyl (C=O) groups is 2. The van der Waals surface area contributed by atoms with E-state index in [1.54, 1.807) is 14.2 Å². The van der Waals surface area contributed by atoms with Gasteiger partial charge in [-0.2, -0.15) is 0 Å². The molecule has 0 aromatic heterocycles. The number of hydrogen-bond donors (Lipinski definition) is 2. The van der Waals surface area contributed by atoms with E-state index in [9.17, 15) is 9.59 Å². The molecule has 0 aliphatic rings. The van der Waals surface area contributed by atoms with Crippen LogP contribution in [0, 0.1) is 5.92 Å². The van der Waals surface area contributed by atoms with Crippen molar-refractivity contribution in [3.8, 4) is 5.75 Å². The zero-order chi connectivity index (χ0) is 18.3. The Labute approximate surface area is 144 Å². The first-order valence-corrected chi connectivity index (χ1v) is 8.21. The SMILES string of the molecule is COc1ccc([C@H](C)NC(=O)C(=O)N(C)CCC(N)C(C)C)cc1. The second-order valence-electron chi connectivity index (χ2n) is 6.39. The van der Waals surface area contributed by atoms with Crippen LogP contribution in [0.25, 0.3) is 0 Å². The average molecular weight is 335 g/mol. The Morgan fingerprint density at radius 3 is 2.29 bits per heavy atom. The van der Waals surface area contributed by atoms with Gasteiger partial charge in [0.25, 0.3) is 0 Å². The van der Waals surface area contributed by atoms with Crippen molar-refractivity contribution in [2.45, 2.75) is 39.3 Å². The van der Waals surface area contributed by atoms with Crippen LogP contribution >= 0.6 is 0 Å². The predicted octanol–water partition coefficient (Wildman–Crippen LogP) is 1.70. The fourth-order valence-corrected chi connectivity index (χ4v) is 2.19. The quantitative estimate of drug-likeness (QED) is 0.743. The summed E-state index contributed by atoms with van der Waals surface area (Å²) in [6, 6.07) is 7.11. The Morgan fingerprint density at radius 2 is 1.79 bits per heavy atom. The number of nitrogens with one attached hydrogen (secondary N) is 1. The fourth-order valence-electron chi connectivity index (χ4n) is 2.19. The molecule has 3 N–H and O–H groups in total. The number of hydrogen-bond acceptors (Lipinski definition) is 4. The molecular weight excluding hydrogens is 306 g/mol. The van der Waals surface area contributed by atoms with Crippen LogP contribution in [0.2, 0.25) is 0 Å². The lowest BCUT2D eigenvalue weighted by atomic mass is 10.0. The molecule has 0 bridgehead atoms. The van der Waals surface area contributed by atoms with Gasteiger partial charge in [-0.25, -0.2) is 0 Å². The maximum atomic E-state index is 12.1. The van der Waals surface area contributed by atoms with Crippen LogP contribution in [-0.4, -0.2) is 43.5 Å². The predicted molar refractivity (Wildman–Crippen MR) is 94.6 cm³/mol. The molecule has 0 radical (unpaired) electrons. The van der Waals surface area contributed by atoms with Gasteiger partial charge in [-0.05, 0) is 37.0 Å². The molecule has 0 heterocycles. The monoisotopic (exact) mass is 335 g/mol. The van der Waals surface area contributed by atoms with E-state index in [0.717, 1.165) is 11.3 Å². The zero-order valence-electron chi connectivity index (χ0n) is 15.2. The van der Waals surface area contributed by atoms with Gasteiger partial charge in [0.2, 0.25) is 0 Å². The molecule has 2 atom stereocenters. The molecular formula is C18H29N3O3. The summed E-state index contributed by atoms with van der Waals surface area (Å²) in [6.45, 7) is 6.37. The molecule has 0 saturated heterocycles. The number of benzene rings is 1. The van der Waals surface area contributed by atoms with E-state index in [1.165, 1.54) is 4.90 Å². The zero-order valence-corrected chi connectivity index (χ0v) is 15.2. The lowest BCUT2D eigenvalue weighted by molar-refractivity contribution is -0.145. The molecule has 0 aliphatic heterocycles. The summed E-state index contributed by atoms with van der Waals surface area (Å²) < 4.78 is 5.10. The number of nitrogens with zero attached hydrogens (tertiary/aromatic N) is 1. The molecule has 134 valence electrons. The van der Waals surface area contributed by atoms with E-state index in [4.69, 9.17) is 10.5 Å². The lowest BCUT2D eigenvalue weighted by Gasteiger charge is -2.22. The molecule has 1 unspecified atom stereocenters. The van der Waals surface area contributed by atoms with Gasteiger partial charge in [0.15, 0.2) is 0 Å². The van der Waals surface area contributed by atoms with Crippen LogP contribution in [-0.2, 0) is 9.59 Å². The van der Waals surface area contributed by atoms with E-state index in [1.807, 2.05) is 45.0 Å². The van der Waals surface area contributed by atoms with Gasteiger partial charge in [-0.1, -0.05) is 26.0 Å². The molecule has 0 fully saturated rings. The van der Waals surface area contributed by atoms with Crippen molar-refractivity contribution in [1.82, 2.24) is 10.2 Å². The highest BCUT2D eigenvalue weighted by molar-refractivity contribution is 6.35. The summed E-state index contributed by atoms with van der Waals surface area (Å²) in [5.74, 6) is -0.0720. The molecule has 24 heavy (non-hydrogen) atoms. The molecule has 0 spiro atoms. The third kappa shape index (κ3) is 5.85. The van der Waals surface area contributed by atoms with Crippen molar-refractivity contribution in [2.75, 3.05) is 20.7 Å². The lowest BCUT2D eigenvalue weighted by Crippen LogP contribution is -2.43. The maximum Gasteiger partial charge on any atom is 0.311 e. The minimum Gasteiger partial charge on any atom is -0.497 e. The summed E-state index contributed by atoms with van der Waals surface area (Å²) in [5.41, 5.74) is 6.88. The van der Waals surface area contributed by atoms with Gasteiger partial charge in [0, 0.05) is 19.6 Å². The third-order valence-electron chi connectivity index (χ3n) is 4.16. The summed E-state index contributed by atoms with van der Waals surface area (Å²) >= 11 is 0. The van der Waals surface area contributed by atoms with Crippen molar-refractivity contribution in [3.05, 3.63) is 29.8 Å². The molecule has 1 aromatic rings. The second kappa shape index (κ2) is 9.27. The molecule has 6 nitrogen and oxygen atoms in total. The van der Waals surface area contributed by atoms with E-state index < -0.39 is 11.8 Å². The van der Waals surface area contributed by atoms with Crippen molar-refractivity contribution in [3.63, 3.8) is 0 Å². The number of amides is 2. The van der Waals surface area contributed by atoms with Gasteiger partial charge < -0.3 is 20.7 Å². The Morgan fingerprint density at radius 1 is 1.21 bits per heavy atom. The van der Waals surface area contributed by atoms with Crippen molar-refractivity contribution >= 4 is 11.8 Å². The van der Waals surface area contributed by atoms with Crippen molar-refractivity contribution < 1.29 is 14.3 Å². The minimum atomic E-state index is -0.612. The number of rotatable bonds is 7. The maximum absolute atomic E-state index is 12.1. The number of likely N-dealkylation sites (N-methyl/N-ethyl adjacent to an activating group) is 1. The van der Waals surface area contributed by atoms with Gasteiger partial charge in [0.1, 0.15) is 5.75 Å². The second-order valence-corrected chi connectivity index (χ2v) is 6.39. The topological polar surface area (TPSA) is 84.7 Å². The van der Waals surface area contributed by atoms with Crippen LogP contribution in [0.5, 0.6) is 5.75 Å². The Kier molecular flexibility index (Phi) is 7.71. The highest BCUT2D eigenvalue weighted by Gasteiger charge is 2.21. The van der Waals surface area contributed by atoms with Crippen molar-refractivity contribution in [1.29, 1.82) is 0 Å². The smallest absolute Gasteiger partial charge is 0.311 e. The van der Waals surface area contributed by atoms with Crippen LogP contribution < -0.4 is 15.8 Å². The highest BCUT2D eigenvalue weighted by Crippen LogP contribution is 2.17. The molecule has 0 aliphatic carbocycles. The third-order valence-corrected chi connectivity index (χ3v) is 4.16. The summed E-state index contributed by atoms with van der Waals surface area (Å²) in [5, 5.41) is 2.72. The largest absolute Gasteiger partial charge is 0.497 e. The van der Waals surface area contributed by atoms with Crippen LogP contribution in [0.15, 0.2) is 24.3 Å².